The van der Waals surface area contributed by atoms with Crippen molar-refractivity contribution in [1.82, 2.24) is 9.80 Å². The number of likely N-dealkylation sites (tertiary alicyclic amines) is 1. The predicted octanol–water partition coefficient (Wildman–Crippen LogP) is 6.83. The summed E-state index contributed by atoms with van der Waals surface area (Å²) in [4.78, 5) is 18.2. The summed E-state index contributed by atoms with van der Waals surface area (Å²) in [5.41, 5.74) is 6.05. The molecule has 0 saturated carbocycles. The molecule has 0 aromatic heterocycles. The molecule has 0 radical (unpaired) electrons. The van der Waals surface area contributed by atoms with Crippen molar-refractivity contribution in [3.63, 3.8) is 0 Å². The fourth-order valence-electron chi connectivity index (χ4n) is 6.31. The summed E-state index contributed by atoms with van der Waals surface area (Å²) in [5, 5.41) is 0. The number of ether oxygens (including phenoxy) is 1. The molecule has 1 amide bonds. The van der Waals surface area contributed by atoms with Gasteiger partial charge in [0.2, 0.25) is 0 Å². The van der Waals surface area contributed by atoms with Crippen LogP contribution in [0.15, 0.2) is 72.8 Å². The van der Waals surface area contributed by atoms with E-state index in [1.807, 2.05) is 12.1 Å². The molecule has 0 N–H and O–H groups in total. The second kappa shape index (κ2) is 12.2. The molecule has 5 rings (SSSR count). The predicted molar refractivity (Wildman–Crippen MR) is 155 cm³/mol. The van der Waals surface area contributed by atoms with Crippen LogP contribution in [0.25, 0.3) is 0 Å². The van der Waals surface area contributed by atoms with Gasteiger partial charge in [0.15, 0.2) is 0 Å². The normalized spacial score (nSPS) is 18.6. The minimum Gasteiger partial charge on any atom is -0.492 e. The highest BCUT2D eigenvalue weighted by atomic mass is 16.5. The number of hydrogen-bond donors (Lipinski definition) is 0. The average molecular weight is 511 g/mol. The second-order valence-corrected chi connectivity index (χ2v) is 11.4. The van der Waals surface area contributed by atoms with E-state index >= 15 is 0 Å². The molecule has 1 saturated heterocycles. The number of carbonyl (C=O) groups is 1. The lowest BCUT2D eigenvalue weighted by atomic mass is 9.73. The second-order valence-electron chi connectivity index (χ2n) is 11.4. The van der Waals surface area contributed by atoms with Gasteiger partial charge < -0.3 is 9.64 Å². The Morgan fingerprint density at radius 2 is 1.61 bits per heavy atom. The molecule has 0 bridgehead atoms. The monoisotopic (exact) mass is 510 g/mol. The van der Waals surface area contributed by atoms with Crippen LogP contribution in [-0.4, -0.2) is 48.5 Å². The van der Waals surface area contributed by atoms with Crippen LogP contribution in [0.1, 0.15) is 64.7 Å². The van der Waals surface area contributed by atoms with Gasteiger partial charge in [-0.05, 0) is 85.8 Å². The molecule has 1 spiro atoms. The quantitative estimate of drug-likeness (QED) is 0.387. The first kappa shape index (κ1) is 26.5. The van der Waals surface area contributed by atoms with Gasteiger partial charge in [0.1, 0.15) is 12.4 Å². The van der Waals surface area contributed by atoms with Crippen molar-refractivity contribution in [2.45, 2.75) is 58.9 Å². The van der Waals surface area contributed by atoms with Gasteiger partial charge in [0, 0.05) is 38.3 Å². The highest BCUT2D eigenvalue weighted by molar-refractivity contribution is 5.96. The van der Waals surface area contributed by atoms with Crippen molar-refractivity contribution < 1.29 is 9.53 Å². The van der Waals surface area contributed by atoms with Gasteiger partial charge in [-0.3, -0.25) is 9.69 Å². The summed E-state index contributed by atoms with van der Waals surface area (Å²) in [6, 6.07) is 25.4. The first-order valence-corrected chi connectivity index (χ1v) is 14.4. The van der Waals surface area contributed by atoms with Crippen LogP contribution in [0.2, 0.25) is 0 Å². The molecule has 1 fully saturated rings. The van der Waals surface area contributed by atoms with Crippen LogP contribution in [0.4, 0.5) is 0 Å². The number of aryl methyl sites for hydroxylation is 2. The highest BCUT2D eigenvalue weighted by Crippen LogP contribution is 2.39. The topological polar surface area (TPSA) is 32.8 Å². The van der Waals surface area contributed by atoms with Crippen LogP contribution < -0.4 is 4.74 Å². The molecule has 4 nitrogen and oxygen atoms in total. The minimum atomic E-state index is 0.195. The summed E-state index contributed by atoms with van der Waals surface area (Å²) in [6.45, 7) is 9.41. The fourth-order valence-corrected chi connectivity index (χ4v) is 6.31. The van der Waals surface area contributed by atoms with Crippen molar-refractivity contribution in [3.8, 4) is 5.75 Å². The van der Waals surface area contributed by atoms with Gasteiger partial charge in [-0.2, -0.15) is 0 Å². The number of para-hydroxylation sites is 1. The van der Waals surface area contributed by atoms with Gasteiger partial charge in [-0.25, -0.2) is 0 Å². The van der Waals surface area contributed by atoms with E-state index in [4.69, 9.17) is 4.74 Å². The van der Waals surface area contributed by atoms with Crippen molar-refractivity contribution in [2.75, 3.05) is 32.8 Å². The first-order valence-electron chi connectivity index (χ1n) is 14.4. The number of fused-ring (bicyclic) bond motifs is 1. The Labute approximate surface area is 228 Å². The third-order valence-electron chi connectivity index (χ3n) is 8.80. The number of piperidine rings is 1. The van der Waals surface area contributed by atoms with Crippen LogP contribution in [0, 0.1) is 19.3 Å². The molecule has 38 heavy (non-hydrogen) atoms. The maximum Gasteiger partial charge on any atom is 0.254 e. The number of hydrogen-bond acceptors (Lipinski definition) is 3. The maximum absolute atomic E-state index is 13.5. The van der Waals surface area contributed by atoms with Crippen molar-refractivity contribution in [1.29, 1.82) is 0 Å². The number of rotatable bonds is 3. The van der Waals surface area contributed by atoms with Crippen molar-refractivity contribution >= 4 is 5.91 Å². The Morgan fingerprint density at radius 1 is 0.842 bits per heavy atom. The van der Waals surface area contributed by atoms with Gasteiger partial charge in [0.25, 0.3) is 5.91 Å². The number of amides is 1. The largest absolute Gasteiger partial charge is 0.492 e. The standard InChI is InChI=1S/C34H42N2O2/c1-27-11-10-16-31(28(27)2)33(37)36-21-19-34(20-22-36)18-9-8-15-30-14-6-7-17-32(30)38-24-23-35(26-34)25-29-12-4-3-5-13-29/h3-7,10-14,16-17H,8-9,15,18-26H2,1-2H3. The summed E-state index contributed by atoms with van der Waals surface area (Å²) in [5.74, 6) is 1.24. The average Bonchev–Trinajstić information content (AvgIpc) is 2.93. The van der Waals surface area contributed by atoms with E-state index in [1.54, 1.807) is 0 Å². The van der Waals surface area contributed by atoms with E-state index in [0.29, 0.717) is 6.61 Å². The van der Waals surface area contributed by atoms with E-state index in [-0.39, 0.29) is 11.3 Å². The maximum atomic E-state index is 13.5. The lowest BCUT2D eigenvalue weighted by Crippen LogP contribution is -2.48. The fraction of sp³-hybridized carbons (Fsp3) is 0.441. The molecule has 0 unspecified atom stereocenters. The molecule has 2 aliphatic rings. The molecule has 4 heteroatoms. The zero-order valence-electron chi connectivity index (χ0n) is 23.1. The lowest BCUT2D eigenvalue weighted by Gasteiger charge is -2.45. The molecule has 0 aliphatic carbocycles. The van der Waals surface area contributed by atoms with Gasteiger partial charge >= 0.3 is 0 Å². The van der Waals surface area contributed by atoms with Gasteiger partial charge in [-0.1, -0.05) is 67.1 Å². The minimum absolute atomic E-state index is 0.195. The van der Waals surface area contributed by atoms with Crippen molar-refractivity contribution in [3.05, 3.63) is 101 Å². The smallest absolute Gasteiger partial charge is 0.254 e. The van der Waals surface area contributed by atoms with E-state index in [1.165, 1.54) is 36.0 Å². The third-order valence-corrected chi connectivity index (χ3v) is 8.80. The Balaban J connectivity index is 1.33. The van der Waals surface area contributed by atoms with Crippen LogP contribution >= 0.6 is 0 Å². The zero-order chi connectivity index (χ0) is 26.4. The third kappa shape index (κ3) is 6.30. The van der Waals surface area contributed by atoms with E-state index in [9.17, 15) is 4.79 Å². The molecular weight excluding hydrogens is 468 g/mol. The number of benzene rings is 3. The number of nitrogens with zero attached hydrogens (tertiary/aromatic N) is 2. The van der Waals surface area contributed by atoms with E-state index < -0.39 is 0 Å². The van der Waals surface area contributed by atoms with Gasteiger partial charge in [-0.15, -0.1) is 0 Å². The Morgan fingerprint density at radius 3 is 2.42 bits per heavy atom. The molecule has 200 valence electrons. The Bertz CT molecular complexity index is 1210. The molecule has 2 aliphatic heterocycles. The Hall–Kier alpha value is -3.11. The van der Waals surface area contributed by atoms with Gasteiger partial charge in [0.05, 0.1) is 0 Å². The molecular formula is C34H42N2O2. The molecule has 3 aromatic carbocycles. The van der Waals surface area contributed by atoms with Crippen LogP contribution in [0.5, 0.6) is 5.75 Å². The molecule has 2 heterocycles. The molecule has 3 aromatic rings. The Kier molecular flexibility index (Phi) is 8.48. The first-order chi connectivity index (χ1) is 18.5. The summed E-state index contributed by atoms with van der Waals surface area (Å²) in [6.07, 6.45) is 6.78. The number of carbonyl (C=O) groups excluding carboxylic acids is 1. The van der Waals surface area contributed by atoms with Crippen LogP contribution in [0.3, 0.4) is 0 Å². The van der Waals surface area contributed by atoms with Crippen LogP contribution in [-0.2, 0) is 13.0 Å². The zero-order valence-corrected chi connectivity index (χ0v) is 23.1. The van der Waals surface area contributed by atoms with Crippen molar-refractivity contribution in [2.24, 2.45) is 5.41 Å². The SMILES string of the molecule is Cc1cccc(C(=O)N2CCC3(CCCCc4ccccc4OCCN(Cc4ccccc4)C3)CC2)c1C. The lowest BCUT2D eigenvalue weighted by molar-refractivity contribution is 0.0360. The van der Waals surface area contributed by atoms with E-state index in [2.05, 4.69) is 84.3 Å². The summed E-state index contributed by atoms with van der Waals surface area (Å²) in [7, 11) is 0. The summed E-state index contributed by atoms with van der Waals surface area (Å²) < 4.78 is 6.33. The highest BCUT2D eigenvalue weighted by Gasteiger charge is 2.37. The molecule has 0 atom stereocenters. The van der Waals surface area contributed by atoms with E-state index in [0.717, 1.165) is 68.9 Å². The summed E-state index contributed by atoms with van der Waals surface area (Å²) >= 11 is 0.